The minimum Gasteiger partial charge on any atom is -0.293 e. The number of carbonyl (C=O) groups is 1. The number of pyridine rings is 1. The number of fused-ring (bicyclic) bond motifs is 1. The average molecular weight is 400 g/mol. The van der Waals surface area contributed by atoms with Gasteiger partial charge in [-0.3, -0.25) is 14.1 Å². The maximum absolute atomic E-state index is 12.9. The van der Waals surface area contributed by atoms with E-state index in [-0.39, 0.29) is 18.7 Å². The van der Waals surface area contributed by atoms with Gasteiger partial charge in [-0.05, 0) is 43.3 Å². The zero-order chi connectivity index (χ0) is 21.0. The SMILES string of the molecule is CN(CC(=O)N=O)Cc1nc2ccccn2c1C#Cc1cccc(C(F)(F)F)c1. The molecule has 0 fully saturated rings. The van der Waals surface area contributed by atoms with Gasteiger partial charge in [0.15, 0.2) is 0 Å². The zero-order valence-electron chi connectivity index (χ0n) is 15.3. The van der Waals surface area contributed by atoms with Crippen molar-refractivity contribution in [2.75, 3.05) is 13.6 Å². The second-order valence-electron chi connectivity index (χ2n) is 6.32. The van der Waals surface area contributed by atoms with E-state index in [1.54, 1.807) is 40.7 Å². The summed E-state index contributed by atoms with van der Waals surface area (Å²) in [5.74, 6) is 4.83. The number of amides is 1. The third-order valence-electron chi connectivity index (χ3n) is 4.04. The fourth-order valence-corrected chi connectivity index (χ4v) is 2.76. The van der Waals surface area contributed by atoms with Crippen LogP contribution in [-0.4, -0.2) is 33.8 Å². The molecule has 0 unspecified atom stereocenters. The van der Waals surface area contributed by atoms with Crippen LogP contribution in [0.5, 0.6) is 0 Å². The maximum atomic E-state index is 12.9. The summed E-state index contributed by atoms with van der Waals surface area (Å²) in [5, 5.41) is 2.36. The third kappa shape index (κ3) is 4.86. The predicted octanol–water partition coefficient (Wildman–Crippen LogP) is 3.48. The van der Waals surface area contributed by atoms with Gasteiger partial charge in [0.05, 0.1) is 17.8 Å². The molecule has 29 heavy (non-hydrogen) atoms. The van der Waals surface area contributed by atoms with Crippen LogP contribution in [0.4, 0.5) is 13.2 Å². The smallest absolute Gasteiger partial charge is 0.293 e. The Labute approximate surface area is 163 Å². The average Bonchev–Trinajstić information content (AvgIpc) is 3.02. The molecule has 0 bridgehead atoms. The van der Waals surface area contributed by atoms with Gasteiger partial charge >= 0.3 is 6.18 Å². The number of aromatic nitrogens is 2. The number of imidazole rings is 1. The lowest BCUT2D eigenvalue weighted by Crippen LogP contribution is -2.24. The Hall–Kier alpha value is -3.51. The first-order chi connectivity index (χ1) is 13.8. The molecule has 0 saturated heterocycles. The summed E-state index contributed by atoms with van der Waals surface area (Å²) in [5.41, 5.74) is 1.05. The minimum atomic E-state index is -4.45. The summed E-state index contributed by atoms with van der Waals surface area (Å²) >= 11 is 0. The maximum Gasteiger partial charge on any atom is 0.416 e. The van der Waals surface area contributed by atoms with Crippen molar-refractivity contribution >= 4 is 11.6 Å². The number of carbonyl (C=O) groups excluding carboxylic acids is 1. The molecule has 0 aliphatic heterocycles. The molecule has 3 rings (SSSR count). The van der Waals surface area contributed by atoms with Crippen LogP contribution < -0.4 is 0 Å². The molecule has 148 valence electrons. The zero-order valence-corrected chi connectivity index (χ0v) is 15.3. The fraction of sp³-hybridized carbons (Fsp3) is 0.200. The predicted molar refractivity (Wildman–Crippen MR) is 99.8 cm³/mol. The van der Waals surface area contributed by atoms with Gasteiger partial charge in [-0.2, -0.15) is 13.2 Å². The standard InChI is InChI=1S/C20H15F3N4O2/c1-26(13-19(28)25-29)12-16-17(27-10-3-2-7-18(27)24-16)9-8-14-5-4-6-15(11-14)20(21,22)23/h2-7,10-11H,12-13H2,1H3. The molecule has 1 amide bonds. The van der Waals surface area contributed by atoms with Crippen molar-refractivity contribution in [3.63, 3.8) is 0 Å². The number of hydrogen-bond acceptors (Lipinski definition) is 4. The Bertz CT molecular complexity index is 1130. The van der Waals surface area contributed by atoms with Crippen molar-refractivity contribution in [3.05, 3.63) is 76.1 Å². The molecule has 0 aliphatic carbocycles. The summed E-state index contributed by atoms with van der Waals surface area (Å²) in [6, 6.07) is 10.1. The van der Waals surface area contributed by atoms with E-state index in [2.05, 4.69) is 22.0 Å². The van der Waals surface area contributed by atoms with Gasteiger partial charge in [-0.25, -0.2) is 4.98 Å². The summed E-state index contributed by atoms with van der Waals surface area (Å²) < 4.78 is 40.4. The van der Waals surface area contributed by atoms with Crippen molar-refractivity contribution in [2.45, 2.75) is 12.7 Å². The van der Waals surface area contributed by atoms with Crippen LogP contribution in [0.15, 0.2) is 53.8 Å². The number of benzene rings is 1. The van der Waals surface area contributed by atoms with Crippen molar-refractivity contribution in [1.29, 1.82) is 0 Å². The van der Waals surface area contributed by atoms with Crippen LogP contribution in [0.2, 0.25) is 0 Å². The van der Waals surface area contributed by atoms with E-state index in [4.69, 9.17) is 0 Å². The van der Waals surface area contributed by atoms with E-state index in [1.807, 2.05) is 0 Å². The molecule has 0 spiro atoms. The molecular weight excluding hydrogens is 385 g/mol. The van der Waals surface area contributed by atoms with Gasteiger partial charge in [0, 0.05) is 23.5 Å². The Morgan fingerprint density at radius 1 is 1.21 bits per heavy atom. The van der Waals surface area contributed by atoms with Gasteiger partial charge in [0.1, 0.15) is 11.3 Å². The molecule has 0 radical (unpaired) electrons. The van der Waals surface area contributed by atoms with E-state index in [1.165, 1.54) is 12.1 Å². The molecule has 2 heterocycles. The highest BCUT2D eigenvalue weighted by molar-refractivity contribution is 5.78. The molecule has 0 aliphatic rings. The Morgan fingerprint density at radius 3 is 2.72 bits per heavy atom. The van der Waals surface area contributed by atoms with Crippen molar-refractivity contribution in [1.82, 2.24) is 14.3 Å². The number of halogens is 3. The molecule has 0 saturated carbocycles. The highest BCUT2D eigenvalue weighted by Gasteiger charge is 2.30. The monoisotopic (exact) mass is 400 g/mol. The lowest BCUT2D eigenvalue weighted by atomic mass is 10.1. The van der Waals surface area contributed by atoms with Crippen LogP contribution >= 0.6 is 0 Å². The molecule has 1 aromatic carbocycles. The van der Waals surface area contributed by atoms with E-state index in [0.29, 0.717) is 17.0 Å². The molecule has 3 aromatic rings. The Kier molecular flexibility index (Phi) is 5.75. The number of nitroso groups, excluding NO2 is 1. The first-order valence-corrected chi connectivity index (χ1v) is 8.48. The normalized spacial score (nSPS) is 11.3. The number of nitrogens with zero attached hydrogens (tertiary/aromatic N) is 4. The second-order valence-corrected chi connectivity index (χ2v) is 6.32. The van der Waals surface area contributed by atoms with Gasteiger partial charge < -0.3 is 0 Å². The molecule has 9 heteroatoms. The van der Waals surface area contributed by atoms with E-state index < -0.39 is 17.6 Å². The van der Waals surface area contributed by atoms with Crippen LogP contribution in [0.3, 0.4) is 0 Å². The van der Waals surface area contributed by atoms with Crippen molar-refractivity contribution in [2.24, 2.45) is 5.18 Å². The Balaban J connectivity index is 1.98. The fourth-order valence-electron chi connectivity index (χ4n) is 2.76. The Morgan fingerprint density at radius 2 is 2.00 bits per heavy atom. The molecular formula is C20H15F3N4O2. The topological polar surface area (TPSA) is 67.0 Å². The van der Waals surface area contributed by atoms with Crippen molar-refractivity contribution in [3.8, 4) is 11.8 Å². The van der Waals surface area contributed by atoms with Gasteiger partial charge in [0.25, 0.3) is 5.91 Å². The number of alkyl halides is 3. The van der Waals surface area contributed by atoms with Gasteiger partial charge in [-0.15, -0.1) is 4.91 Å². The lowest BCUT2D eigenvalue weighted by molar-refractivity contribution is -0.137. The van der Waals surface area contributed by atoms with Crippen molar-refractivity contribution < 1.29 is 18.0 Å². The second kappa shape index (κ2) is 8.24. The van der Waals surface area contributed by atoms with E-state index in [9.17, 15) is 22.9 Å². The first kappa shape index (κ1) is 20.2. The summed E-state index contributed by atoms with van der Waals surface area (Å²) in [7, 11) is 1.62. The summed E-state index contributed by atoms with van der Waals surface area (Å²) in [6.07, 6.45) is -2.71. The molecule has 6 nitrogen and oxygen atoms in total. The van der Waals surface area contributed by atoms with Crippen LogP contribution in [0.1, 0.15) is 22.5 Å². The summed E-state index contributed by atoms with van der Waals surface area (Å²) in [4.78, 5) is 27.6. The lowest BCUT2D eigenvalue weighted by Gasteiger charge is -2.12. The number of rotatable bonds is 4. The molecule has 2 aromatic heterocycles. The van der Waals surface area contributed by atoms with E-state index >= 15 is 0 Å². The van der Waals surface area contributed by atoms with Gasteiger partial charge in [0.2, 0.25) is 0 Å². The molecule has 0 atom stereocenters. The first-order valence-electron chi connectivity index (χ1n) is 8.48. The number of hydrogen-bond donors (Lipinski definition) is 0. The third-order valence-corrected chi connectivity index (χ3v) is 4.04. The quantitative estimate of drug-likeness (QED) is 0.497. The number of likely N-dealkylation sites (N-methyl/N-ethyl adjacent to an activating group) is 1. The largest absolute Gasteiger partial charge is 0.416 e. The van der Waals surface area contributed by atoms with Gasteiger partial charge in [-0.1, -0.05) is 18.1 Å². The van der Waals surface area contributed by atoms with Crippen LogP contribution in [-0.2, 0) is 17.5 Å². The summed E-state index contributed by atoms with van der Waals surface area (Å²) in [6.45, 7) is 0.0212. The molecule has 0 N–H and O–H groups in total. The van der Waals surface area contributed by atoms with E-state index in [0.717, 1.165) is 12.1 Å². The van der Waals surface area contributed by atoms with Crippen LogP contribution in [0, 0.1) is 16.7 Å². The highest BCUT2D eigenvalue weighted by Crippen LogP contribution is 2.29. The minimum absolute atomic E-state index is 0.183. The van der Waals surface area contributed by atoms with Crippen LogP contribution in [0.25, 0.3) is 5.65 Å². The highest BCUT2D eigenvalue weighted by atomic mass is 19.4.